The van der Waals surface area contributed by atoms with Crippen molar-refractivity contribution in [2.75, 3.05) is 6.54 Å². The maximum absolute atomic E-state index is 8.06. The second-order valence-corrected chi connectivity index (χ2v) is 1.57. The van der Waals surface area contributed by atoms with Gasteiger partial charge in [0.2, 0.25) is 0 Å². The van der Waals surface area contributed by atoms with Crippen LogP contribution in [0.5, 0.6) is 0 Å². The number of amidine groups is 1. The zero-order valence-corrected chi connectivity index (χ0v) is 5.39. The Morgan fingerprint density at radius 3 is 3.00 bits per heavy atom. The zero-order valence-electron chi connectivity index (χ0n) is 5.39. The van der Waals surface area contributed by atoms with Gasteiger partial charge in [-0.3, -0.25) is 0 Å². The molecule has 0 unspecified atom stereocenters. The molecule has 0 saturated heterocycles. The molecule has 9 heavy (non-hydrogen) atoms. The van der Waals surface area contributed by atoms with Crippen LogP contribution >= 0.6 is 0 Å². The van der Waals surface area contributed by atoms with E-state index in [4.69, 9.17) is 11.0 Å². The lowest BCUT2D eigenvalue weighted by atomic mass is 10.5. The quantitative estimate of drug-likeness (QED) is 0.237. The first-order chi connectivity index (χ1) is 4.27. The number of nitriles is 1. The largest absolute Gasteiger partial charge is 0.386 e. The molecular weight excluding hydrogens is 116 g/mol. The smallest absolute Gasteiger partial charge is 0.116 e. The van der Waals surface area contributed by atoms with Gasteiger partial charge in [-0.15, -0.1) is 0 Å². The second-order valence-electron chi connectivity index (χ2n) is 1.57. The van der Waals surface area contributed by atoms with E-state index in [0.717, 1.165) is 0 Å². The van der Waals surface area contributed by atoms with E-state index in [1.807, 2.05) is 6.07 Å². The summed E-state index contributed by atoms with van der Waals surface area (Å²) < 4.78 is 0. The van der Waals surface area contributed by atoms with Crippen molar-refractivity contribution in [2.24, 2.45) is 10.8 Å². The lowest BCUT2D eigenvalue weighted by Crippen LogP contribution is -2.14. The highest BCUT2D eigenvalue weighted by Gasteiger charge is 1.79. The van der Waals surface area contributed by atoms with Gasteiger partial charge >= 0.3 is 0 Å². The summed E-state index contributed by atoms with van der Waals surface area (Å²) in [5.41, 5.74) is 7.81. The van der Waals surface area contributed by atoms with Crippen molar-refractivity contribution < 1.29 is 0 Å². The standard InChI is InChI=1S/C5H10N4/c1-5(7)9-8-4-2-3-6/h8H,2,4H2,1H3,(H2,7,9). The van der Waals surface area contributed by atoms with Crippen LogP contribution in [0.25, 0.3) is 0 Å². The second kappa shape index (κ2) is 4.91. The van der Waals surface area contributed by atoms with E-state index in [9.17, 15) is 0 Å². The van der Waals surface area contributed by atoms with E-state index in [-0.39, 0.29) is 0 Å². The van der Waals surface area contributed by atoms with Crippen LogP contribution < -0.4 is 11.2 Å². The van der Waals surface area contributed by atoms with Crippen LogP contribution in [0.2, 0.25) is 0 Å². The molecule has 0 rings (SSSR count). The Labute approximate surface area is 54.3 Å². The maximum atomic E-state index is 8.06. The van der Waals surface area contributed by atoms with Crippen molar-refractivity contribution in [3.8, 4) is 6.07 Å². The Kier molecular flexibility index (Phi) is 4.23. The van der Waals surface area contributed by atoms with E-state index in [2.05, 4.69) is 10.5 Å². The monoisotopic (exact) mass is 126 g/mol. The summed E-state index contributed by atoms with van der Waals surface area (Å²) in [6, 6.07) is 1.97. The van der Waals surface area contributed by atoms with Gasteiger partial charge in [-0.25, -0.2) is 0 Å². The summed E-state index contributed by atoms with van der Waals surface area (Å²) in [5, 5.41) is 11.7. The number of hydrogen-bond donors (Lipinski definition) is 2. The van der Waals surface area contributed by atoms with E-state index in [0.29, 0.717) is 18.8 Å². The first kappa shape index (κ1) is 7.76. The summed E-state index contributed by atoms with van der Waals surface area (Å²) in [5.74, 6) is 0.480. The minimum absolute atomic E-state index is 0.455. The third kappa shape index (κ3) is 6.76. The van der Waals surface area contributed by atoms with Crippen LogP contribution in [0.4, 0.5) is 0 Å². The molecule has 0 radical (unpaired) electrons. The molecule has 0 aromatic rings. The lowest BCUT2D eigenvalue weighted by molar-refractivity contribution is 0.744. The van der Waals surface area contributed by atoms with Gasteiger partial charge in [0, 0.05) is 6.54 Å². The molecular formula is C5H10N4. The highest BCUT2D eigenvalue weighted by atomic mass is 15.3. The van der Waals surface area contributed by atoms with Gasteiger partial charge in [-0.2, -0.15) is 10.4 Å². The lowest BCUT2D eigenvalue weighted by Gasteiger charge is -1.93. The van der Waals surface area contributed by atoms with E-state index in [1.165, 1.54) is 0 Å². The average molecular weight is 126 g/mol. The third-order valence-corrected chi connectivity index (χ3v) is 0.604. The molecule has 0 amide bonds. The van der Waals surface area contributed by atoms with Crippen LogP contribution in [0.15, 0.2) is 5.10 Å². The topological polar surface area (TPSA) is 74.2 Å². The van der Waals surface area contributed by atoms with Gasteiger partial charge in [0.1, 0.15) is 5.84 Å². The number of nitrogens with zero attached hydrogens (tertiary/aromatic N) is 2. The SMILES string of the molecule is CC(N)=NNCCC#N. The molecule has 0 aliphatic rings. The predicted octanol–water partition coefficient (Wildman–Crippen LogP) is -0.218. The number of hydrazone groups is 1. The van der Waals surface area contributed by atoms with Gasteiger partial charge in [-0.05, 0) is 6.92 Å². The molecule has 0 atom stereocenters. The Morgan fingerprint density at radius 2 is 2.56 bits per heavy atom. The first-order valence-corrected chi connectivity index (χ1v) is 2.67. The van der Waals surface area contributed by atoms with Crippen LogP contribution in [0.3, 0.4) is 0 Å². The molecule has 0 saturated carbocycles. The van der Waals surface area contributed by atoms with Gasteiger partial charge in [0.05, 0.1) is 12.5 Å². The maximum Gasteiger partial charge on any atom is 0.116 e. The molecule has 4 nitrogen and oxygen atoms in total. The van der Waals surface area contributed by atoms with Crippen molar-refractivity contribution >= 4 is 5.84 Å². The van der Waals surface area contributed by atoms with E-state index < -0.39 is 0 Å². The summed E-state index contributed by atoms with van der Waals surface area (Å²) in [4.78, 5) is 0. The third-order valence-electron chi connectivity index (χ3n) is 0.604. The highest BCUT2D eigenvalue weighted by molar-refractivity contribution is 5.77. The van der Waals surface area contributed by atoms with Gasteiger partial charge in [-0.1, -0.05) is 0 Å². The summed E-state index contributed by atoms with van der Waals surface area (Å²) >= 11 is 0. The minimum Gasteiger partial charge on any atom is -0.386 e. The average Bonchev–Trinajstić information content (AvgIpc) is 1.80. The molecule has 0 heterocycles. The molecule has 50 valence electrons. The van der Waals surface area contributed by atoms with Crippen LogP contribution in [0.1, 0.15) is 13.3 Å². The fraction of sp³-hybridized carbons (Fsp3) is 0.600. The predicted molar refractivity (Wildman–Crippen MR) is 35.5 cm³/mol. The molecule has 0 bridgehead atoms. The van der Waals surface area contributed by atoms with Gasteiger partial charge in [0.15, 0.2) is 0 Å². The Balaban J connectivity index is 3.12. The van der Waals surface area contributed by atoms with Crippen LogP contribution in [0, 0.1) is 11.3 Å². The number of rotatable bonds is 3. The fourth-order valence-electron chi connectivity index (χ4n) is 0.292. The molecule has 0 fully saturated rings. The van der Waals surface area contributed by atoms with Crippen LogP contribution in [-0.2, 0) is 0 Å². The normalized spacial score (nSPS) is 10.4. The van der Waals surface area contributed by atoms with Gasteiger partial charge < -0.3 is 11.2 Å². The highest BCUT2D eigenvalue weighted by Crippen LogP contribution is 1.69. The minimum atomic E-state index is 0.455. The van der Waals surface area contributed by atoms with E-state index in [1.54, 1.807) is 6.92 Å². The molecule has 0 aliphatic heterocycles. The van der Waals surface area contributed by atoms with Crippen molar-refractivity contribution in [1.82, 2.24) is 5.43 Å². The zero-order chi connectivity index (χ0) is 7.11. The summed E-state index contributed by atoms with van der Waals surface area (Å²) in [7, 11) is 0. The Morgan fingerprint density at radius 1 is 1.89 bits per heavy atom. The summed E-state index contributed by atoms with van der Waals surface area (Å²) in [6.07, 6.45) is 0.455. The molecule has 0 spiro atoms. The number of nitrogens with one attached hydrogen (secondary N) is 1. The van der Waals surface area contributed by atoms with Crippen molar-refractivity contribution in [1.29, 1.82) is 5.26 Å². The number of hydrogen-bond acceptors (Lipinski definition) is 3. The van der Waals surface area contributed by atoms with E-state index >= 15 is 0 Å². The molecule has 4 heteroatoms. The van der Waals surface area contributed by atoms with Crippen molar-refractivity contribution in [2.45, 2.75) is 13.3 Å². The van der Waals surface area contributed by atoms with Crippen LogP contribution in [-0.4, -0.2) is 12.4 Å². The summed E-state index contributed by atoms with van der Waals surface area (Å²) in [6.45, 7) is 2.24. The molecule has 0 aromatic heterocycles. The fourth-order valence-corrected chi connectivity index (χ4v) is 0.292. The molecule has 0 aromatic carbocycles. The van der Waals surface area contributed by atoms with Crippen molar-refractivity contribution in [3.05, 3.63) is 0 Å². The van der Waals surface area contributed by atoms with Crippen molar-refractivity contribution in [3.63, 3.8) is 0 Å². The molecule has 3 N–H and O–H groups in total. The number of nitrogens with two attached hydrogens (primary N) is 1. The van der Waals surface area contributed by atoms with Gasteiger partial charge in [0.25, 0.3) is 0 Å². The molecule has 0 aliphatic carbocycles. The Hall–Kier alpha value is -1.24. The Bertz CT molecular complexity index is 128. The first-order valence-electron chi connectivity index (χ1n) is 2.67.